The zero-order valence-corrected chi connectivity index (χ0v) is 14.1. The van der Waals surface area contributed by atoms with Crippen LogP contribution in [0.5, 0.6) is 5.75 Å². The first-order chi connectivity index (χ1) is 9.49. The molecule has 0 saturated heterocycles. The first-order valence-corrected chi connectivity index (χ1v) is 7.75. The summed E-state index contributed by atoms with van der Waals surface area (Å²) in [5, 5.41) is 0. The summed E-state index contributed by atoms with van der Waals surface area (Å²) in [6.45, 7) is 9.27. The van der Waals surface area contributed by atoms with Gasteiger partial charge < -0.3 is 4.74 Å². The Kier molecular flexibility index (Phi) is 4.87. The molecule has 0 unspecified atom stereocenters. The van der Waals surface area contributed by atoms with Crippen LogP contribution in [0, 0.1) is 13.8 Å². The molecule has 2 rings (SSSR count). The average Bonchev–Trinajstić information content (AvgIpc) is 2.39. The molecule has 0 saturated carbocycles. The van der Waals surface area contributed by atoms with Gasteiger partial charge in [-0.15, -0.1) is 0 Å². The molecule has 0 radical (unpaired) electrons. The van der Waals surface area contributed by atoms with Crippen LogP contribution in [0.25, 0.3) is 0 Å². The fraction of sp³-hybridized carbons (Fsp3) is 0.333. The first kappa shape index (κ1) is 15.1. The van der Waals surface area contributed by atoms with E-state index in [-0.39, 0.29) is 0 Å². The van der Waals surface area contributed by atoms with Crippen molar-refractivity contribution < 1.29 is 4.74 Å². The lowest BCUT2D eigenvalue weighted by molar-refractivity contribution is 0.300. The molecule has 0 N–H and O–H groups in total. The second-order valence-corrected chi connectivity index (χ2v) is 6.41. The summed E-state index contributed by atoms with van der Waals surface area (Å²) < 4.78 is 7.18. The number of rotatable bonds is 4. The topological polar surface area (TPSA) is 9.23 Å². The summed E-state index contributed by atoms with van der Waals surface area (Å²) in [6, 6.07) is 12.6. The lowest BCUT2D eigenvalue weighted by atomic mass is 10.0. The molecule has 0 atom stereocenters. The van der Waals surface area contributed by atoms with Crippen molar-refractivity contribution >= 4 is 15.9 Å². The van der Waals surface area contributed by atoms with Gasteiger partial charge in [0.05, 0.1) is 0 Å². The standard InChI is InChI=1S/C18H21BrO/c1-12(2)16-10-15(19)8-9-18(16)20-11-17-13(3)6-5-7-14(17)4/h5-10,12H,11H2,1-4H3. The maximum atomic E-state index is 6.08. The lowest BCUT2D eigenvalue weighted by Gasteiger charge is -2.16. The van der Waals surface area contributed by atoms with E-state index in [1.54, 1.807) is 0 Å². The van der Waals surface area contributed by atoms with Gasteiger partial charge in [0.25, 0.3) is 0 Å². The summed E-state index contributed by atoms with van der Waals surface area (Å²) in [4.78, 5) is 0. The Labute approximate surface area is 130 Å². The lowest BCUT2D eigenvalue weighted by Crippen LogP contribution is -2.03. The smallest absolute Gasteiger partial charge is 0.123 e. The van der Waals surface area contributed by atoms with E-state index in [9.17, 15) is 0 Å². The van der Waals surface area contributed by atoms with Gasteiger partial charge in [-0.3, -0.25) is 0 Å². The SMILES string of the molecule is Cc1cccc(C)c1COc1ccc(Br)cc1C(C)C. The summed E-state index contributed by atoms with van der Waals surface area (Å²) in [6.07, 6.45) is 0. The number of aryl methyl sites for hydroxylation is 2. The molecule has 2 heteroatoms. The highest BCUT2D eigenvalue weighted by molar-refractivity contribution is 9.10. The highest BCUT2D eigenvalue weighted by Crippen LogP contribution is 2.30. The zero-order chi connectivity index (χ0) is 14.7. The molecule has 0 aromatic heterocycles. The van der Waals surface area contributed by atoms with Crippen molar-refractivity contribution in [3.05, 3.63) is 63.1 Å². The highest BCUT2D eigenvalue weighted by atomic mass is 79.9. The molecule has 0 aliphatic rings. The Bertz CT molecular complexity index is 582. The number of hydrogen-bond acceptors (Lipinski definition) is 1. The van der Waals surface area contributed by atoms with E-state index in [0.717, 1.165) is 10.2 Å². The molecule has 2 aromatic carbocycles. The third kappa shape index (κ3) is 3.43. The van der Waals surface area contributed by atoms with Crippen LogP contribution in [0.2, 0.25) is 0 Å². The summed E-state index contributed by atoms with van der Waals surface area (Å²) in [7, 11) is 0. The molecule has 106 valence electrons. The second kappa shape index (κ2) is 6.45. The normalized spacial score (nSPS) is 10.9. The van der Waals surface area contributed by atoms with Crippen molar-refractivity contribution in [3.8, 4) is 5.75 Å². The second-order valence-electron chi connectivity index (χ2n) is 5.50. The van der Waals surface area contributed by atoms with Crippen LogP contribution in [0.4, 0.5) is 0 Å². The quantitative estimate of drug-likeness (QED) is 0.690. The molecule has 0 aliphatic carbocycles. The van der Waals surface area contributed by atoms with Crippen LogP contribution in [0.1, 0.15) is 42.0 Å². The van der Waals surface area contributed by atoms with Gasteiger partial charge in [-0.1, -0.05) is 48.0 Å². The van der Waals surface area contributed by atoms with Gasteiger partial charge in [-0.05, 0) is 60.2 Å². The number of benzene rings is 2. The van der Waals surface area contributed by atoms with Crippen LogP contribution >= 0.6 is 15.9 Å². The molecule has 2 aromatic rings. The van der Waals surface area contributed by atoms with Crippen molar-refractivity contribution in [2.24, 2.45) is 0 Å². The fourth-order valence-corrected chi connectivity index (χ4v) is 2.71. The summed E-state index contributed by atoms with van der Waals surface area (Å²) in [5.41, 5.74) is 5.09. The van der Waals surface area contributed by atoms with E-state index >= 15 is 0 Å². The zero-order valence-electron chi connectivity index (χ0n) is 12.5. The number of ether oxygens (including phenoxy) is 1. The van der Waals surface area contributed by atoms with Gasteiger partial charge in [0, 0.05) is 4.47 Å². The Morgan fingerprint density at radius 3 is 2.30 bits per heavy atom. The Morgan fingerprint density at radius 2 is 1.70 bits per heavy atom. The summed E-state index contributed by atoms with van der Waals surface area (Å²) in [5.74, 6) is 1.42. The Morgan fingerprint density at radius 1 is 1.05 bits per heavy atom. The molecule has 1 nitrogen and oxygen atoms in total. The predicted molar refractivity (Wildman–Crippen MR) is 88.5 cm³/mol. The fourth-order valence-electron chi connectivity index (χ4n) is 2.33. The maximum absolute atomic E-state index is 6.08. The molecule has 0 bridgehead atoms. The monoisotopic (exact) mass is 332 g/mol. The van der Waals surface area contributed by atoms with Gasteiger partial charge in [-0.25, -0.2) is 0 Å². The van der Waals surface area contributed by atoms with Crippen LogP contribution in [0.15, 0.2) is 40.9 Å². The minimum atomic E-state index is 0.445. The van der Waals surface area contributed by atoms with Crippen molar-refractivity contribution in [1.29, 1.82) is 0 Å². The van der Waals surface area contributed by atoms with Gasteiger partial charge in [0.1, 0.15) is 12.4 Å². The largest absolute Gasteiger partial charge is 0.489 e. The van der Waals surface area contributed by atoms with Crippen molar-refractivity contribution in [3.63, 3.8) is 0 Å². The summed E-state index contributed by atoms with van der Waals surface area (Å²) >= 11 is 3.53. The van der Waals surface area contributed by atoms with Crippen LogP contribution in [-0.4, -0.2) is 0 Å². The maximum Gasteiger partial charge on any atom is 0.123 e. The minimum absolute atomic E-state index is 0.445. The molecule has 0 spiro atoms. The third-order valence-electron chi connectivity index (χ3n) is 3.61. The molecular weight excluding hydrogens is 312 g/mol. The minimum Gasteiger partial charge on any atom is -0.489 e. The molecule has 20 heavy (non-hydrogen) atoms. The van der Waals surface area contributed by atoms with E-state index in [4.69, 9.17) is 4.74 Å². The predicted octanol–water partition coefficient (Wildman–Crippen LogP) is 5.77. The van der Waals surface area contributed by atoms with Crippen molar-refractivity contribution in [2.75, 3.05) is 0 Å². The van der Waals surface area contributed by atoms with Crippen molar-refractivity contribution in [1.82, 2.24) is 0 Å². The van der Waals surface area contributed by atoms with Crippen molar-refractivity contribution in [2.45, 2.75) is 40.2 Å². The van der Waals surface area contributed by atoms with E-state index in [2.05, 4.69) is 67.9 Å². The van der Waals surface area contributed by atoms with E-state index < -0.39 is 0 Å². The van der Waals surface area contributed by atoms with Gasteiger partial charge in [0.2, 0.25) is 0 Å². The van der Waals surface area contributed by atoms with Crippen LogP contribution in [-0.2, 0) is 6.61 Å². The average molecular weight is 333 g/mol. The van der Waals surface area contributed by atoms with E-state index in [1.165, 1.54) is 22.3 Å². The number of halogens is 1. The Hall–Kier alpha value is -1.28. The molecule has 0 amide bonds. The molecule has 0 heterocycles. The van der Waals surface area contributed by atoms with Gasteiger partial charge in [-0.2, -0.15) is 0 Å². The third-order valence-corrected chi connectivity index (χ3v) is 4.10. The number of hydrogen-bond donors (Lipinski definition) is 0. The molecule has 0 aliphatic heterocycles. The first-order valence-electron chi connectivity index (χ1n) is 6.96. The highest BCUT2D eigenvalue weighted by Gasteiger charge is 2.10. The van der Waals surface area contributed by atoms with E-state index in [1.807, 2.05) is 12.1 Å². The molecule has 0 fully saturated rings. The Balaban J connectivity index is 2.23. The van der Waals surface area contributed by atoms with Gasteiger partial charge >= 0.3 is 0 Å². The van der Waals surface area contributed by atoms with E-state index in [0.29, 0.717) is 12.5 Å². The van der Waals surface area contributed by atoms with Crippen LogP contribution in [0.3, 0.4) is 0 Å². The van der Waals surface area contributed by atoms with Crippen LogP contribution < -0.4 is 4.74 Å². The molecular formula is C18H21BrO. The van der Waals surface area contributed by atoms with Gasteiger partial charge in [0.15, 0.2) is 0 Å².